The Morgan fingerprint density at radius 1 is 1.31 bits per heavy atom. The minimum Gasteiger partial charge on any atom is -0.493 e. The van der Waals surface area contributed by atoms with Crippen LogP contribution in [0.1, 0.15) is 53.3 Å². The van der Waals surface area contributed by atoms with E-state index in [0.717, 1.165) is 32.2 Å². The molecule has 0 aliphatic carbocycles. The molecule has 7 nitrogen and oxygen atoms in total. The van der Waals surface area contributed by atoms with Crippen LogP contribution in [0.5, 0.6) is 11.6 Å². The first-order chi connectivity index (χ1) is 14.2. The maximum absolute atomic E-state index is 13.2. The lowest BCUT2D eigenvalue weighted by molar-refractivity contribution is 0.0548. The predicted octanol–water partition coefficient (Wildman–Crippen LogP) is 3.51. The van der Waals surface area contributed by atoms with Crippen LogP contribution >= 0.6 is 0 Å². The highest BCUT2D eigenvalue weighted by Gasteiger charge is 2.31. The van der Waals surface area contributed by atoms with Crippen LogP contribution in [-0.4, -0.2) is 47.5 Å². The van der Waals surface area contributed by atoms with Gasteiger partial charge in [-0.2, -0.15) is 0 Å². The summed E-state index contributed by atoms with van der Waals surface area (Å²) in [6.45, 7) is 3.61. The highest BCUT2D eigenvalue weighted by atomic mass is 16.5. The van der Waals surface area contributed by atoms with Gasteiger partial charge in [-0.25, -0.2) is 4.98 Å². The summed E-state index contributed by atoms with van der Waals surface area (Å²) in [7, 11) is 0. The summed E-state index contributed by atoms with van der Waals surface area (Å²) in [6, 6.07) is 8.77. The lowest BCUT2D eigenvalue weighted by Gasteiger charge is -2.37. The Kier molecular flexibility index (Phi) is 5.64. The van der Waals surface area contributed by atoms with Crippen LogP contribution in [0.2, 0.25) is 0 Å². The molecule has 1 aromatic carbocycles. The fourth-order valence-electron chi connectivity index (χ4n) is 3.94. The Bertz CT molecular complexity index is 915. The summed E-state index contributed by atoms with van der Waals surface area (Å²) < 4.78 is 11.3. The number of rotatable bonds is 4. The van der Waals surface area contributed by atoms with E-state index in [1.54, 1.807) is 36.5 Å². The number of benzene rings is 1. The number of amides is 2. The maximum atomic E-state index is 13.2. The van der Waals surface area contributed by atoms with Gasteiger partial charge in [-0.15, -0.1) is 0 Å². The lowest BCUT2D eigenvalue weighted by Crippen LogP contribution is -2.45. The highest BCUT2D eigenvalue weighted by Crippen LogP contribution is 2.31. The number of piperidine rings is 1. The molecule has 1 saturated heterocycles. The first-order valence-corrected chi connectivity index (χ1v) is 10.1. The van der Waals surface area contributed by atoms with Crippen LogP contribution in [0, 0.1) is 0 Å². The third-order valence-electron chi connectivity index (χ3n) is 5.36. The van der Waals surface area contributed by atoms with Gasteiger partial charge in [0.05, 0.1) is 18.8 Å². The van der Waals surface area contributed by atoms with E-state index >= 15 is 0 Å². The van der Waals surface area contributed by atoms with E-state index in [0.29, 0.717) is 35.8 Å². The van der Waals surface area contributed by atoms with Crippen molar-refractivity contribution in [3.05, 3.63) is 47.7 Å². The van der Waals surface area contributed by atoms with Crippen LogP contribution in [0.3, 0.4) is 0 Å². The quantitative estimate of drug-likeness (QED) is 0.857. The minimum absolute atomic E-state index is 0.0307. The molecule has 1 N–H and O–H groups in total. The molecule has 3 heterocycles. The van der Waals surface area contributed by atoms with Crippen molar-refractivity contribution in [3.63, 3.8) is 0 Å². The molecular weight excluding hydrogens is 370 g/mol. The molecule has 2 aromatic rings. The van der Waals surface area contributed by atoms with E-state index in [2.05, 4.69) is 10.3 Å². The van der Waals surface area contributed by atoms with Crippen molar-refractivity contribution < 1.29 is 19.1 Å². The highest BCUT2D eigenvalue weighted by molar-refractivity contribution is 6.07. The maximum Gasteiger partial charge on any atom is 0.261 e. The van der Waals surface area contributed by atoms with Crippen LogP contribution < -0.4 is 14.8 Å². The molecule has 2 amide bonds. The average molecular weight is 395 g/mol. The first kappa shape index (κ1) is 19.2. The normalized spacial score (nSPS) is 18.6. The summed E-state index contributed by atoms with van der Waals surface area (Å²) in [4.78, 5) is 32.0. The number of anilines is 1. The average Bonchev–Trinajstić information content (AvgIpc) is 2.74. The van der Waals surface area contributed by atoms with Crippen molar-refractivity contribution >= 4 is 17.5 Å². The topological polar surface area (TPSA) is 80.8 Å². The van der Waals surface area contributed by atoms with Crippen LogP contribution in [0.4, 0.5) is 5.69 Å². The van der Waals surface area contributed by atoms with Crippen molar-refractivity contribution in [2.24, 2.45) is 0 Å². The van der Waals surface area contributed by atoms with Crippen LogP contribution in [-0.2, 0) is 0 Å². The van der Waals surface area contributed by atoms with Gasteiger partial charge in [0, 0.05) is 30.9 Å². The first-order valence-electron chi connectivity index (χ1n) is 10.1. The molecule has 0 bridgehead atoms. The van der Waals surface area contributed by atoms with E-state index in [9.17, 15) is 9.59 Å². The Hall–Kier alpha value is -3.09. The molecule has 0 saturated carbocycles. The second-order valence-electron chi connectivity index (χ2n) is 7.24. The molecule has 4 rings (SSSR count). The van der Waals surface area contributed by atoms with Gasteiger partial charge in [0.15, 0.2) is 0 Å². The fraction of sp³-hybridized carbons (Fsp3) is 0.409. The van der Waals surface area contributed by atoms with Crippen molar-refractivity contribution in [2.45, 2.75) is 38.6 Å². The summed E-state index contributed by atoms with van der Waals surface area (Å²) in [6.07, 6.45) is 5.62. The van der Waals surface area contributed by atoms with Crippen molar-refractivity contribution in [3.8, 4) is 11.6 Å². The van der Waals surface area contributed by atoms with Crippen molar-refractivity contribution in [1.29, 1.82) is 0 Å². The number of nitrogens with zero attached hydrogens (tertiary/aromatic N) is 2. The van der Waals surface area contributed by atoms with Gasteiger partial charge in [0.1, 0.15) is 11.3 Å². The SMILES string of the molecule is CCOc1ncccc1C(=O)Nc1ccc2c(c1)C(=O)N1CCCC[C@@H]1CCO2. The standard InChI is InChI=1S/C22H25N3O4/c1-2-28-21-17(7-5-11-23-21)20(26)24-15-8-9-19-18(14-15)22(27)25-12-4-3-6-16(25)10-13-29-19/h5,7-9,11,14,16H,2-4,6,10,12-13H2,1H3,(H,24,26)/t16-/m1/s1. The third kappa shape index (κ3) is 4.04. The lowest BCUT2D eigenvalue weighted by atomic mass is 9.97. The van der Waals surface area contributed by atoms with Crippen LogP contribution in [0.25, 0.3) is 0 Å². The van der Waals surface area contributed by atoms with Gasteiger partial charge in [0.2, 0.25) is 5.88 Å². The largest absolute Gasteiger partial charge is 0.493 e. The molecule has 0 unspecified atom stereocenters. The van der Waals surface area contributed by atoms with E-state index in [1.807, 2.05) is 11.8 Å². The molecule has 0 spiro atoms. The molecule has 1 fully saturated rings. The van der Waals surface area contributed by atoms with Gasteiger partial charge >= 0.3 is 0 Å². The zero-order chi connectivity index (χ0) is 20.2. The molecule has 1 aromatic heterocycles. The monoisotopic (exact) mass is 395 g/mol. The summed E-state index contributed by atoms with van der Waals surface area (Å²) in [5, 5.41) is 2.85. The molecule has 0 radical (unpaired) electrons. The Balaban J connectivity index is 1.59. The van der Waals surface area contributed by atoms with E-state index < -0.39 is 0 Å². The van der Waals surface area contributed by atoms with Gasteiger partial charge < -0.3 is 19.7 Å². The number of nitrogens with one attached hydrogen (secondary N) is 1. The number of carbonyl (C=O) groups is 2. The Morgan fingerprint density at radius 3 is 3.07 bits per heavy atom. The van der Waals surface area contributed by atoms with E-state index in [1.165, 1.54) is 0 Å². The van der Waals surface area contributed by atoms with Gasteiger partial charge in [-0.3, -0.25) is 9.59 Å². The Morgan fingerprint density at radius 2 is 2.21 bits per heavy atom. The minimum atomic E-state index is -0.337. The Labute approximate surface area is 170 Å². The molecule has 7 heteroatoms. The molecular formula is C22H25N3O4. The van der Waals surface area contributed by atoms with Gasteiger partial charge in [-0.05, 0) is 56.5 Å². The molecule has 1 atom stereocenters. The summed E-state index contributed by atoms with van der Waals surface area (Å²) in [5.74, 6) is 0.483. The summed E-state index contributed by atoms with van der Waals surface area (Å²) >= 11 is 0. The van der Waals surface area contributed by atoms with Crippen molar-refractivity contribution in [2.75, 3.05) is 25.1 Å². The number of carbonyl (C=O) groups excluding carboxylic acids is 2. The second-order valence-corrected chi connectivity index (χ2v) is 7.24. The molecule has 29 heavy (non-hydrogen) atoms. The zero-order valence-corrected chi connectivity index (χ0v) is 16.5. The van der Waals surface area contributed by atoms with Crippen molar-refractivity contribution in [1.82, 2.24) is 9.88 Å². The third-order valence-corrected chi connectivity index (χ3v) is 5.36. The number of aromatic nitrogens is 1. The zero-order valence-electron chi connectivity index (χ0n) is 16.5. The number of pyridine rings is 1. The van der Waals surface area contributed by atoms with Gasteiger partial charge in [-0.1, -0.05) is 0 Å². The molecule has 2 aliphatic heterocycles. The smallest absolute Gasteiger partial charge is 0.261 e. The summed E-state index contributed by atoms with van der Waals surface area (Å²) in [5.41, 5.74) is 1.37. The van der Waals surface area contributed by atoms with Crippen LogP contribution in [0.15, 0.2) is 36.5 Å². The fourth-order valence-corrected chi connectivity index (χ4v) is 3.94. The second kappa shape index (κ2) is 8.51. The predicted molar refractivity (Wildman–Crippen MR) is 109 cm³/mol. The number of hydrogen-bond acceptors (Lipinski definition) is 5. The number of fused-ring (bicyclic) bond motifs is 2. The molecule has 2 aliphatic rings. The van der Waals surface area contributed by atoms with E-state index in [-0.39, 0.29) is 23.7 Å². The molecule has 152 valence electrons. The number of ether oxygens (including phenoxy) is 2. The van der Waals surface area contributed by atoms with E-state index in [4.69, 9.17) is 9.47 Å². The van der Waals surface area contributed by atoms with Gasteiger partial charge in [0.25, 0.3) is 11.8 Å². The number of hydrogen-bond donors (Lipinski definition) is 1.